The molecule has 6 heteroatoms. The number of ether oxygens (including phenoxy) is 2. The number of primary amides is 1. The van der Waals surface area contributed by atoms with Gasteiger partial charge in [0, 0.05) is 6.54 Å². The number of hydrogen-bond donors (Lipinski definition) is 1. The minimum atomic E-state index is -0.536. The summed E-state index contributed by atoms with van der Waals surface area (Å²) in [7, 11) is 1.31. The molecule has 0 aliphatic carbocycles. The number of nitrogens with zero attached hydrogens (tertiary/aromatic N) is 1. The fourth-order valence-electron chi connectivity index (χ4n) is 1.58. The van der Waals surface area contributed by atoms with Crippen molar-refractivity contribution in [1.82, 2.24) is 4.90 Å². The van der Waals surface area contributed by atoms with E-state index in [2.05, 4.69) is 4.74 Å². The van der Waals surface area contributed by atoms with E-state index in [1.165, 1.54) is 7.11 Å². The number of amides is 1. The van der Waals surface area contributed by atoms with Crippen LogP contribution in [0.3, 0.4) is 0 Å². The molecule has 1 amide bonds. The van der Waals surface area contributed by atoms with Gasteiger partial charge in [-0.05, 0) is 6.92 Å². The molecule has 2 N–H and O–H groups in total. The van der Waals surface area contributed by atoms with E-state index in [9.17, 15) is 9.59 Å². The van der Waals surface area contributed by atoms with E-state index in [1.807, 2.05) is 0 Å². The minimum Gasteiger partial charge on any atom is -0.468 e. The lowest BCUT2D eigenvalue weighted by molar-refractivity contribution is -0.156. The minimum absolute atomic E-state index is 0.240. The Hall–Kier alpha value is -1.14. The van der Waals surface area contributed by atoms with E-state index >= 15 is 0 Å². The molecule has 0 bridgehead atoms. The van der Waals surface area contributed by atoms with Crippen LogP contribution in [-0.4, -0.2) is 55.7 Å². The normalized spacial score (nSPS) is 24.5. The predicted molar refractivity (Wildman–Crippen MR) is 52.0 cm³/mol. The van der Waals surface area contributed by atoms with Gasteiger partial charge in [0.25, 0.3) is 0 Å². The van der Waals surface area contributed by atoms with Crippen molar-refractivity contribution >= 4 is 11.9 Å². The molecule has 0 radical (unpaired) electrons. The van der Waals surface area contributed by atoms with Crippen molar-refractivity contribution in [1.29, 1.82) is 0 Å². The van der Waals surface area contributed by atoms with Crippen LogP contribution in [0.5, 0.6) is 0 Å². The van der Waals surface area contributed by atoms with Crippen molar-refractivity contribution in [3.8, 4) is 0 Å². The van der Waals surface area contributed by atoms with Gasteiger partial charge >= 0.3 is 5.97 Å². The first-order chi connectivity index (χ1) is 7.07. The Morgan fingerprint density at radius 3 is 2.80 bits per heavy atom. The molecule has 1 heterocycles. The summed E-state index contributed by atoms with van der Waals surface area (Å²) >= 11 is 0. The molecule has 2 atom stereocenters. The molecular weight excluding hydrogens is 200 g/mol. The van der Waals surface area contributed by atoms with Gasteiger partial charge in [0.1, 0.15) is 6.04 Å². The molecule has 1 saturated heterocycles. The number of rotatable bonds is 3. The fraction of sp³-hybridized carbons (Fsp3) is 0.778. The molecule has 0 spiro atoms. The maximum atomic E-state index is 11.4. The summed E-state index contributed by atoms with van der Waals surface area (Å²) in [4.78, 5) is 24.2. The molecule has 0 aromatic heterocycles. The van der Waals surface area contributed by atoms with Gasteiger partial charge in [-0.2, -0.15) is 0 Å². The number of hydrogen-bond acceptors (Lipinski definition) is 5. The second kappa shape index (κ2) is 5.09. The Kier molecular flexibility index (Phi) is 4.05. The summed E-state index contributed by atoms with van der Waals surface area (Å²) in [5.41, 5.74) is 5.20. The second-order valence-electron chi connectivity index (χ2n) is 3.43. The van der Waals surface area contributed by atoms with Crippen LogP contribution in [0.25, 0.3) is 0 Å². The highest BCUT2D eigenvalue weighted by Crippen LogP contribution is 2.12. The number of carbonyl (C=O) groups excluding carboxylic acids is 2. The first-order valence-corrected chi connectivity index (χ1v) is 4.78. The molecule has 86 valence electrons. The van der Waals surface area contributed by atoms with Gasteiger partial charge in [-0.1, -0.05) is 0 Å². The molecule has 2 unspecified atom stereocenters. The lowest BCUT2D eigenvalue weighted by atomic mass is 10.1. The first kappa shape index (κ1) is 11.9. The highest BCUT2D eigenvalue weighted by molar-refractivity contribution is 5.81. The van der Waals surface area contributed by atoms with Gasteiger partial charge in [-0.25, -0.2) is 0 Å². The van der Waals surface area contributed by atoms with E-state index in [0.717, 1.165) is 0 Å². The Balaban J connectivity index is 2.73. The van der Waals surface area contributed by atoms with Crippen molar-refractivity contribution in [2.24, 2.45) is 5.73 Å². The summed E-state index contributed by atoms with van der Waals surface area (Å²) in [6, 6.07) is -1.02. The molecule has 1 fully saturated rings. The van der Waals surface area contributed by atoms with E-state index in [0.29, 0.717) is 13.2 Å². The Bertz CT molecular complexity index is 256. The average molecular weight is 216 g/mol. The quantitative estimate of drug-likeness (QED) is 0.595. The van der Waals surface area contributed by atoms with Crippen LogP contribution >= 0.6 is 0 Å². The van der Waals surface area contributed by atoms with E-state index in [1.54, 1.807) is 11.8 Å². The van der Waals surface area contributed by atoms with Gasteiger partial charge in [0.15, 0.2) is 0 Å². The summed E-state index contributed by atoms with van der Waals surface area (Å²) < 4.78 is 9.81. The van der Waals surface area contributed by atoms with Crippen molar-refractivity contribution in [3.05, 3.63) is 0 Å². The van der Waals surface area contributed by atoms with Crippen LogP contribution in [0.4, 0.5) is 0 Å². The molecule has 1 aliphatic heterocycles. The number of methoxy groups -OCH3 is 1. The van der Waals surface area contributed by atoms with Gasteiger partial charge in [0.05, 0.1) is 26.4 Å². The highest BCUT2D eigenvalue weighted by atomic mass is 16.5. The average Bonchev–Trinajstić information content (AvgIpc) is 2.27. The van der Waals surface area contributed by atoms with Crippen LogP contribution in [0, 0.1) is 0 Å². The molecular formula is C9H16N2O4. The Labute approximate surface area is 88.3 Å². The lowest BCUT2D eigenvalue weighted by Crippen LogP contribution is -2.57. The van der Waals surface area contributed by atoms with Crippen molar-refractivity contribution in [2.45, 2.75) is 19.0 Å². The summed E-state index contributed by atoms with van der Waals surface area (Å²) in [6.07, 6.45) is 0. The zero-order chi connectivity index (χ0) is 11.4. The zero-order valence-corrected chi connectivity index (χ0v) is 8.93. The smallest absolute Gasteiger partial charge is 0.325 e. The molecule has 0 aromatic rings. The Morgan fingerprint density at radius 2 is 2.27 bits per heavy atom. The van der Waals surface area contributed by atoms with E-state index in [4.69, 9.17) is 10.5 Å². The van der Waals surface area contributed by atoms with Crippen LogP contribution in [0.2, 0.25) is 0 Å². The van der Waals surface area contributed by atoms with Crippen molar-refractivity contribution in [3.63, 3.8) is 0 Å². The highest BCUT2D eigenvalue weighted by Gasteiger charge is 2.35. The number of carbonyl (C=O) groups is 2. The van der Waals surface area contributed by atoms with Gasteiger partial charge < -0.3 is 15.2 Å². The summed E-state index contributed by atoms with van der Waals surface area (Å²) in [5.74, 6) is -0.853. The Morgan fingerprint density at radius 1 is 1.60 bits per heavy atom. The monoisotopic (exact) mass is 216 g/mol. The van der Waals surface area contributed by atoms with Crippen LogP contribution in [0.15, 0.2) is 0 Å². The number of morpholine rings is 1. The number of esters is 1. The maximum absolute atomic E-state index is 11.4. The van der Waals surface area contributed by atoms with Crippen molar-refractivity contribution < 1.29 is 19.1 Å². The largest absolute Gasteiger partial charge is 0.468 e. The molecule has 0 saturated carbocycles. The molecule has 1 aliphatic rings. The summed E-state index contributed by atoms with van der Waals surface area (Å²) in [5, 5.41) is 0. The van der Waals surface area contributed by atoms with Gasteiger partial charge in [0.2, 0.25) is 5.91 Å². The van der Waals surface area contributed by atoms with Crippen LogP contribution in [0.1, 0.15) is 6.92 Å². The van der Waals surface area contributed by atoms with Gasteiger partial charge in [-0.15, -0.1) is 0 Å². The topological polar surface area (TPSA) is 81.9 Å². The third-order valence-electron chi connectivity index (χ3n) is 2.55. The zero-order valence-electron chi connectivity index (χ0n) is 8.93. The maximum Gasteiger partial charge on any atom is 0.325 e. The third kappa shape index (κ3) is 2.66. The lowest BCUT2D eigenvalue weighted by Gasteiger charge is -2.36. The second-order valence-corrected chi connectivity index (χ2v) is 3.43. The predicted octanol–water partition coefficient (Wildman–Crippen LogP) is -1.27. The van der Waals surface area contributed by atoms with E-state index < -0.39 is 24.0 Å². The molecule has 0 aromatic carbocycles. The van der Waals surface area contributed by atoms with Crippen molar-refractivity contribution in [2.75, 3.05) is 26.9 Å². The molecule has 1 rings (SSSR count). The van der Waals surface area contributed by atoms with E-state index in [-0.39, 0.29) is 6.61 Å². The number of nitrogens with two attached hydrogens (primary N) is 1. The molecule has 6 nitrogen and oxygen atoms in total. The first-order valence-electron chi connectivity index (χ1n) is 4.78. The van der Waals surface area contributed by atoms with Crippen LogP contribution in [-0.2, 0) is 19.1 Å². The SMILES string of the molecule is COC(=O)C1COCCN1C(C)C(N)=O. The fourth-order valence-corrected chi connectivity index (χ4v) is 1.58. The molecule has 15 heavy (non-hydrogen) atoms. The standard InChI is InChI=1S/C9H16N2O4/c1-6(8(10)12)11-3-4-15-5-7(11)9(13)14-2/h6-7H,3-5H2,1-2H3,(H2,10,12). The van der Waals surface area contributed by atoms with Gasteiger partial charge in [-0.3, -0.25) is 14.5 Å². The summed E-state index contributed by atoms with van der Waals surface area (Å²) in [6.45, 7) is 2.91. The van der Waals surface area contributed by atoms with Crippen LogP contribution < -0.4 is 5.73 Å². The third-order valence-corrected chi connectivity index (χ3v) is 2.55.